The zero-order valence-electron chi connectivity index (χ0n) is 12.6. The number of amides is 1. The highest BCUT2D eigenvalue weighted by atomic mass is 16.5. The Morgan fingerprint density at radius 2 is 2.05 bits per heavy atom. The van der Waals surface area contributed by atoms with Gasteiger partial charge in [0, 0.05) is 5.56 Å². The number of nitrogens with one attached hydrogen (secondary N) is 1. The summed E-state index contributed by atoms with van der Waals surface area (Å²) in [5.41, 5.74) is 2.68. The molecular weight excluding hydrogens is 270 g/mol. The predicted molar refractivity (Wildman–Crippen MR) is 77.7 cm³/mol. The van der Waals surface area contributed by atoms with Gasteiger partial charge in [0.2, 0.25) is 0 Å². The van der Waals surface area contributed by atoms with Crippen molar-refractivity contribution in [2.24, 2.45) is 5.92 Å². The fourth-order valence-electron chi connectivity index (χ4n) is 2.33. The molecule has 1 aliphatic rings. The van der Waals surface area contributed by atoms with Crippen LogP contribution in [0.3, 0.4) is 0 Å². The third kappa shape index (κ3) is 3.42. The smallest absolute Gasteiger partial charge is 0.328 e. The molecular formula is C16H21NO4. The molecule has 0 fully saturated rings. The van der Waals surface area contributed by atoms with Gasteiger partial charge in [0.15, 0.2) is 0 Å². The summed E-state index contributed by atoms with van der Waals surface area (Å²) in [6, 6.07) is 4.85. The number of rotatable bonds is 5. The van der Waals surface area contributed by atoms with Gasteiger partial charge < -0.3 is 14.8 Å². The highest BCUT2D eigenvalue weighted by Gasteiger charge is 2.27. The zero-order chi connectivity index (χ0) is 15.4. The minimum absolute atomic E-state index is 0.0131. The maximum absolute atomic E-state index is 12.3. The van der Waals surface area contributed by atoms with Gasteiger partial charge in [-0.2, -0.15) is 0 Å². The molecule has 0 radical (unpaired) electrons. The molecule has 5 heteroatoms. The van der Waals surface area contributed by atoms with Crippen molar-refractivity contribution < 1.29 is 19.1 Å². The summed E-state index contributed by atoms with van der Waals surface area (Å²) in [5.74, 6) is -0.665. The number of benzene rings is 1. The lowest BCUT2D eigenvalue weighted by atomic mass is 9.98. The number of carbonyl (C=O) groups is 2. The van der Waals surface area contributed by atoms with E-state index in [1.54, 1.807) is 6.07 Å². The first kappa shape index (κ1) is 15.5. The quantitative estimate of drug-likeness (QED) is 0.843. The molecule has 1 amide bonds. The Labute approximate surface area is 124 Å². The van der Waals surface area contributed by atoms with Crippen LogP contribution in [0.4, 0.5) is 0 Å². The normalized spacial score (nSPS) is 16.0. The summed E-state index contributed by atoms with van der Waals surface area (Å²) < 4.78 is 10.1. The first-order chi connectivity index (χ1) is 10.1. The van der Waals surface area contributed by atoms with E-state index in [4.69, 9.17) is 9.47 Å². The van der Waals surface area contributed by atoms with Gasteiger partial charge in [0.25, 0.3) is 5.91 Å². The standard InChI is InChI=1S/C16H21NO4/c1-4-10(2)14(16(19)20-3)17-15(18)11-5-6-12-8-21-9-13(12)7-11/h5-7,10,14H,4,8-9H2,1-3H3,(H,17,18)/t10-,14-/m1/s1. The molecule has 0 unspecified atom stereocenters. The van der Waals surface area contributed by atoms with E-state index in [1.165, 1.54) is 7.11 Å². The zero-order valence-corrected chi connectivity index (χ0v) is 12.6. The number of fused-ring (bicyclic) bond motifs is 1. The van der Waals surface area contributed by atoms with Crippen molar-refractivity contribution in [2.45, 2.75) is 39.5 Å². The van der Waals surface area contributed by atoms with E-state index in [9.17, 15) is 9.59 Å². The second kappa shape index (κ2) is 6.72. The highest BCUT2D eigenvalue weighted by Crippen LogP contribution is 2.21. The molecule has 1 heterocycles. The second-order valence-electron chi connectivity index (χ2n) is 5.34. The molecule has 0 aliphatic carbocycles. The van der Waals surface area contributed by atoms with Crippen molar-refractivity contribution in [1.82, 2.24) is 5.32 Å². The molecule has 0 saturated heterocycles. The number of ether oxygens (including phenoxy) is 2. The van der Waals surface area contributed by atoms with E-state index in [1.807, 2.05) is 26.0 Å². The van der Waals surface area contributed by atoms with E-state index in [2.05, 4.69) is 5.32 Å². The van der Waals surface area contributed by atoms with Gasteiger partial charge in [-0.15, -0.1) is 0 Å². The lowest BCUT2D eigenvalue weighted by molar-refractivity contribution is -0.144. The summed E-state index contributed by atoms with van der Waals surface area (Å²) in [4.78, 5) is 24.1. The molecule has 0 saturated carbocycles. The first-order valence-electron chi connectivity index (χ1n) is 7.15. The van der Waals surface area contributed by atoms with Crippen molar-refractivity contribution in [3.63, 3.8) is 0 Å². The molecule has 0 spiro atoms. The SMILES string of the molecule is CC[C@@H](C)[C@@H](NC(=O)c1ccc2c(c1)COC2)C(=O)OC. The van der Waals surface area contributed by atoms with Crippen LogP contribution >= 0.6 is 0 Å². The maximum Gasteiger partial charge on any atom is 0.328 e. The largest absolute Gasteiger partial charge is 0.467 e. The monoisotopic (exact) mass is 291 g/mol. The Morgan fingerprint density at radius 1 is 1.33 bits per heavy atom. The Hall–Kier alpha value is -1.88. The average Bonchev–Trinajstić information content (AvgIpc) is 2.98. The number of hydrogen-bond donors (Lipinski definition) is 1. The molecule has 1 aromatic carbocycles. The summed E-state index contributed by atoms with van der Waals surface area (Å²) in [6.45, 7) is 5.01. The fraction of sp³-hybridized carbons (Fsp3) is 0.500. The second-order valence-corrected chi connectivity index (χ2v) is 5.34. The topological polar surface area (TPSA) is 64.6 Å². The van der Waals surface area contributed by atoms with Crippen molar-refractivity contribution in [3.05, 3.63) is 34.9 Å². The molecule has 21 heavy (non-hydrogen) atoms. The van der Waals surface area contributed by atoms with Gasteiger partial charge in [-0.25, -0.2) is 4.79 Å². The van der Waals surface area contributed by atoms with Crippen LogP contribution < -0.4 is 5.32 Å². The van der Waals surface area contributed by atoms with Gasteiger partial charge in [-0.1, -0.05) is 26.3 Å². The van der Waals surface area contributed by atoms with Gasteiger partial charge in [0.05, 0.1) is 20.3 Å². The maximum atomic E-state index is 12.3. The average molecular weight is 291 g/mol. The van der Waals surface area contributed by atoms with Crippen molar-refractivity contribution >= 4 is 11.9 Å². The Morgan fingerprint density at radius 3 is 2.71 bits per heavy atom. The van der Waals surface area contributed by atoms with E-state index in [0.29, 0.717) is 18.8 Å². The summed E-state index contributed by atoms with van der Waals surface area (Å²) in [6.07, 6.45) is 0.776. The van der Waals surface area contributed by atoms with Crippen molar-refractivity contribution in [1.29, 1.82) is 0 Å². The van der Waals surface area contributed by atoms with Crippen LogP contribution in [0, 0.1) is 5.92 Å². The molecule has 5 nitrogen and oxygen atoms in total. The van der Waals surface area contributed by atoms with E-state index >= 15 is 0 Å². The van der Waals surface area contributed by atoms with Gasteiger partial charge >= 0.3 is 5.97 Å². The predicted octanol–water partition coefficient (Wildman–Crippen LogP) is 2.03. The van der Waals surface area contributed by atoms with Crippen LogP contribution in [0.25, 0.3) is 0 Å². The van der Waals surface area contributed by atoms with Crippen LogP contribution in [0.1, 0.15) is 41.8 Å². The van der Waals surface area contributed by atoms with Crippen LogP contribution in [-0.2, 0) is 27.5 Å². The Kier molecular flexibility index (Phi) is 4.96. The minimum Gasteiger partial charge on any atom is -0.467 e. The lowest BCUT2D eigenvalue weighted by Crippen LogP contribution is -2.45. The Balaban J connectivity index is 2.13. The van der Waals surface area contributed by atoms with Crippen LogP contribution in [0.5, 0.6) is 0 Å². The van der Waals surface area contributed by atoms with Crippen molar-refractivity contribution in [3.8, 4) is 0 Å². The summed E-state index contributed by atoms with van der Waals surface area (Å²) in [7, 11) is 1.33. The molecule has 114 valence electrons. The first-order valence-corrected chi connectivity index (χ1v) is 7.15. The Bertz CT molecular complexity index is 541. The van der Waals surface area contributed by atoms with Crippen molar-refractivity contribution in [2.75, 3.05) is 7.11 Å². The number of methoxy groups -OCH3 is 1. The fourth-order valence-corrected chi connectivity index (χ4v) is 2.33. The van der Waals surface area contributed by atoms with E-state index in [-0.39, 0.29) is 11.8 Å². The molecule has 2 rings (SSSR count). The summed E-state index contributed by atoms with van der Waals surface area (Å²) >= 11 is 0. The molecule has 0 aromatic heterocycles. The molecule has 1 aromatic rings. The number of hydrogen-bond acceptors (Lipinski definition) is 4. The lowest BCUT2D eigenvalue weighted by Gasteiger charge is -2.21. The highest BCUT2D eigenvalue weighted by molar-refractivity contribution is 5.97. The molecule has 0 bridgehead atoms. The van der Waals surface area contributed by atoms with Crippen LogP contribution in [-0.4, -0.2) is 25.0 Å². The molecule has 1 aliphatic heterocycles. The molecule has 2 atom stereocenters. The third-order valence-corrected chi connectivity index (χ3v) is 3.94. The minimum atomic E-state index is -0.628. The number of carbonyl (C=O) groups excluding carboxylic acids is 2. The third-order valence-electron chi connectivity index (χ3n) is 3.94. The van der Waals surface area contributed by atoms with Gasteiger partial charge in [-0.3, -0.25) is 4.79 Å². The summed E-state index contributed by atoms with van der Waals surface area (Å²) in [5, 5.41) is 2.77. The molecule has 1 N–H and O–H groups in total. The van der Waals surface area contributed by atoms with E-state index < -0.39 is 12.0 Å². The van der Waals surface area contributed by atoms with Crippen LogP contribution in [0.2, 0.25) is 0 Å². The van der Waals surface area contributed by atoms with E-state index in [0.717, 1.165) is 17.5 Å². The van der Waals surface area contributed by atoms with Crippen LogP contribution in [0.15, 0.2) is 18.2 Å². The van der Waals surface area contributed by atoms with Gasteiger partial charge in [0.1, 0.15) is 6.04 Å². The van der Waals surface area contributed by atoms with Gasteiger partial charge in [-0.05, 0) is 29.2 Å². The number of esters is 1.